The van der Waals surface area contributed by atoms with Crippen LogP contribution in [0.3, 0.4) is 0 Å². The zero-order valence-electron chi connectivity index (χ0n) is 43.3. The van der Waals surface area contributed by atoms with Crippen molar-refractivity contribution in [1.82, 2.24) is 48.5 Å². The molecular weight excluding hydrogens is 941 g/mol. The molecule has 0 saturated carbocycles. The molecule has 0 spiro atoms. The van der Waals surface area contributed by atoms with Crippen molar-refractivity contribution in [1.29, 1.82) is 0 Å². The zero-order chi connectivity index (χ0) is 51.3. The maximum Gasteiger partial charge on any atom is 0.329 e. The van der Waals surface area contributed by atoms with Gasteiger partial charge in [-0.05, 0) is 177 Å². The van der Waals surface area contributed by atoms with Crippen LogP contribution >= 0.6 is 0 Å². The second-order valence-electron chi connectivity index (χ2n) is 21.6. The summed E-state index contributed by atoms with van der Waals surface area (Å²) >= 11 is 0. The first-order valence-electron chi connectivity index (χ1n) is 27.0. The summed E-state index contributed by atoms with van der Waals surface area (Å²) < 4.78 is 10.8. The standard InChI is InChI=1S/C60H66N10O5/c1-64-48(34-51-50(18-25-61-57(51)64)46-10-14-52-47(32-46)35-62-63-52)38-67-28-21-42(22-29-67)41-6-8-44(9-7-41)58(72)68-30-19-40(20-31-68)36-66-26-23-43(24-27-66)45-11-15-53-55(33-45)65(2)60(74)70(53)54-16-17-56(71)69(59(54)73)37-39-4-12-49(75-3)13-5-39/h4-15,18,25,32-35,40,42-43,54H,16-17,19-24,26-31,36-38H2,1-3H3,(H,62,63). The van der Waals surface area contributed by atoms with Crippen molar-refractivity contribution in [3.05, 3.63) is 148 Å². The number of nitrogens with zero attached hydrogens (tertiary/aromatic N) is 9. The lowest BCUT2D eigenvalue weighted by molar-refractivity contribution is -0.151. The number of benzene rings is 4. The van der Waals surface area contributed by atoms with Gasteiger partial charge < -0.3 is 19.1 Å². The fourth-order valence-electron chi connectivity index (χ4n) is 12.7. The minimum Gasteiger partial charge on any atom is -0.497 e. The fraction of sp³-hybridized carbons (Fsp3) is 0.400. The van der Waals surface area contributed by atoms with Crippen LogP contribution in [0.2, 0.25) is 0 Å². The second-order valence-corrected chi connectivity index (χ2v) is 21.6. The van der Waals surface area contributed by atoms with E-state index in [1.807, 2.05) is 42.7 Å². The Hall–Kier alpha value is -7.36. The number of hydrogen-bond acceptors (Lipinski definition) is 9. The minimum absolute atomic E-state index is 0.141. The average Bonchev–Trinajstić information content (AvgIpc) is 4.13. The number of fused-ring (bicyclic) bond motifs is 3. The Bertz CT molecular complexity index is 3470. The maximum absolute atomic E-state index is 13.9. The van der Waals surface area contributed by atoms with E-state index >= 15 is 0 Å². The van der Waals surface area contributed by atoms with Crippen molar-refractivity contribution < 1.29 is 19.1 Å². The number of likely N-dealkylation sites (tertiary alicyclic amines) is 4. The van der Waals surface area contributed by atoms with E-state index < -0.39 is 6.04 Å². The summed E-state index contributed by atoms with van der Waals surface area (Å²) in [5.41, 5.74) is 11.1. The number of hydrogen-bond donors (Lipinski definition) is 1. The Morgan fingerprint density at radius 1 is 0.707 bits per heavy atom. The highest BCUT2D eigenvalue weighted by atomic mass is 16.5. The van der Waals surface area contributed by atoms with Crippen LogP contribution < -0.4 is 10.4 Å². The highest BCUT2D eigenvalue weighted by molar-refractivity contribution is 6.00. The van der Waals surface area contributed by atoms with Gasteiger partial charge in [0, 0.05) is 74.9 Å². The number of ether oxygens (including phenoxy) is 1. The van der Waals surface area contributed by atoms with Crippen LogP contribution in [0, 0.1) is 5.92 Å². The van der Waals surface area contributed by atoms with Crippen LogP contribution in [0.25, 0.3) is 44.1 Å². The van der Waals surface area contributed by atoms with Crippen molar-refractivity contribution in [3.63, 3.8) is 0 Å². The number of piperidine rings is 4. The molecule has 12 rings (SSSR count). The third-order valence-electron chi connectivity index (χ3n) is 17.3. The molecule has 1 atom stereocenters. The fourth-order valence-corrected chi connectivity index (χ4v) is 12.7. The Morgan fingerprint density at radius 3 is 2.17 bits per heavy atom. The number of nitrogens with one attached hydrogen (secondary N) is 1. The molecular formula is C60H66N10O5. The first-order valence-corrected chi connectivity index (χ1v) is 27.0. The first-order chi connectivity index (χ1) is 36.6. The SMILES string of the molecule is COc1ccc(CN2C(=O)CCC(n3c(=O)n(C)c4cc(C5CCN(CC6CCN(C(=O)c7ccc(C8CCN(Cc9cc%10c(-c%11ccc%12[nH]ncc%12c%11)ccnc%10n9C)CC8)cc7)CC6)CC5)ccc43)C2=O)cc1. The average molecular weight is 1010 g/mol. The molecule has 0 bridgehead atoms. The van der Waals surface area contributed by atoms with E-state index in [9.17, 15) is 19.2 Å². The predicted molar refractivity (Wildman–Crippen MR) is 291 cm³/mol. The Kier molecular flexibility index (Phi) is 13.2. The lowest BCUT2D eigenvalue weighted by Crippen LogP contribution is -2.47. The third-order valence-corrected chi connectivity index (χ3v) is 17.3. The van der Waals surface area contributed by atoms with E-state index in [0.717, 1.165) is 135 Å². The van der Waals surface area contributed by atoms with Crippen LogP contribution in [-0.4, -0.2) is 119 Å². The largest absolute Gasteiger partial charge is 0.497 e. The molecule has 1 unspecified atom stereocenters. The minimum atomic E-state index is -0.748. The Morgan fingerprint density at radius 2 is 1.43 bits per heavy atom. The van der Waals surface area contributed by atoms with Crippen molar-refractivity contribution in [2.24, 2.45) is 20.0 Å². The van der Waals surface area contributed by atoms with Gasteiger partial charge in [-0.1, -0.05) is 36.4 Å². The smallest absolute Gasteiger partial charge is 0.329 e. The summed E-state index contributed by atoms with van der Waals surface area (Å²) in [7, 11) is 5.50. The molecule has 15 nitrogen and oxygen atoms in total. The van der Waals surface area contributed by atoms with Gasteiger partial charge in [0.1, 0.15) is 17.4 Å². The molecule has 4 saturated heterocycles. The predicted octanol–water partition coefficient (Wildman–Crippen LogP) is 8.78. The molecule has 4 aromatic carbocycles. The number of amides is 3. The molecule has 4 aliphatic heterocycles. The summed E-state index contributed by atoms with van der Waals surface area (Å²) in [6.45, 7) is 7.73. The van der Waals surface area contributed by atoms with Gasteiger partial charge in [0.25, 0.3) is 11.8 Å². The number of aryl methyl sites for hydroxylation is 2. The molecule has 75 heavy (non-hydrogen) atoms. The van der Waals surface area contributed by atoms with Gasteiger partial charge in [-0.2, -0.15) is 5.10 Å². The van der Waals surface area contributed by atoms with E-state index in [-0.39, 0.29) is 36.4 Å². The third kappa shape index (κ3) is 9.45. The van der Waals surface area contributed by atoms with Crippen LogP contribution in [0.1, 0.15) is 102 Å². The zero-order valence-corrected chi connectivity index (χ0v) is 43.3. The van der Waals surface area contributed by atoms with E-state index in [1.165, 1.54) is 32.7 Å². The number of H-pyrrole nitrogens is 1. The highest BCUT2D eigenvalue weighted by Gasteiger charge is 2.38. The van der Waals surface area contributed by atoms with Gasteiger partial charge in [0.15, 0.2) is 0 Å². The lowest BCUT2D eigenvalue weighted by atomic mass is 9.88. The van der Waals surface area contributed by atoms with Gasteiger partial charge in [-0.15, -0.1) is 0 Å². The molecule has 8 aromatic rings. The number of carbonyl (C=O) groups excluding carboxylic acids is 3. The molecule has 15 heteroatoms. The monoisotopic (exact) mass is 1010 g/mol. The van der Waals surface area contributed by atoms with Gasteiger partial charge in [-0.25, -0.2) is 9.78 Å². The Balaban J connectivity index is 0.600. The summed E-state index contributed by atoms with van der Waals surface area (Å²) in [6, 6.07) is 32.2. The Labute approximate surface area is 436 Å². The molecule has 0 aliphatic carbocycles. The molecule has 4 aromatic heterocycles. The van der Waals surface area contributed by atoms with Crippen molar-refractivity contribution in [2.75, 3.05) is 52.9 Å². The maximum atomic E-state index is 13.9. The van der Waals surface area contributed by atoms with Gasteiger partial charge in [-0.3, -0.25) is 38.4 Å². The van der Waals surface area contributed by atoms with E-state index in [4.69, 9.17) is 9.72 Å². The van der Waals surface area contributed by atoms with Crippen LogP contribution in [-0.2, 0) is 36.8 Å². The summed E-state index contributed by atoms with van der Waals surface area (Å²) in [6.07, 6.45) is 10.5. The molecule has 0 radical (unpaired) electrons. The van der Waals surface area contributed by atoms with Crippen molar-refractivity contribution in [3.8, 4) is 16.9 Å². The second kappa shape index (κ2) is 20.4. The van der Waals surface area contributed by atoms with Crippen molar-refractivity contribution in [2.45, 2.75) is 82.3 Å². The topological polar surface area (TPSA) is 147 Å². The number of carbonyl (C=O) groups is 3. The summed E-state index contributed by atoms with van der Waals surface area (Å²) in [4.78, 5) is 67.8. The molecule has 4 aliphatic rings. The van der Waals surface area contributed by atoms with Crippen molar-refractivity contribution >= 4 is 50.7 Å². The first kappa shape index (κ1) is 48.6. The number of rotatable bonds is 12. The number of aromatic nitrogens is 6. The van der Waals surface area contributed by atoms with E-state index in [1.54, 1.807) is 23.3 Å². The van der Waals surface area contributed by atoms with Gasteiger partial charge in [0.2, 0.25) is 5.91 Å². The van der Waals surface area contributed by atoms with E-state index in [0.29, 0.717) is 29.9 Å². The number of aromatic amines is 1. The molecule has 3 amide bonds. The van der Waals surface area contributed by atoms with Gasteiger partial charge in [0.05, 0.1) is 36.4 Å². The molecule has 4 fully saturated rings. The number of pyridine rings is 1. The number of methoxy groups -OCH3 is 1. The quantitative estimate of drug-likeness (QED) is 0.119. The van der Waals surface area contributed by atoms with Gasteiger partial charge >= 0.3 is 5.69 Å². The van der Waals surface area contributed by atoms with Crippen LogP contribution in [0.15, 0.2) is 114 Å². The molecule has 386 valence electrons. The summed E-state index contributed by atoms with van der Waals surface area (Å²) in [5, 5.41) is 9.52. The molecule has 8 heterocycles. The lowest BCUT2D eigenvalue weighted by Gasteiger charge is -2.38. The molecule has 1 N–H and O–H groups in total. The van der Waals surface area contributed by atoms with Crippen LogP contribution in [0.4, 0.5) is 0 Å². The number of imidazole rings is 1. The number of imide groups is 1. The van der Waals surface area contributed by atoms with Crippen LogP contribution in [0.5, 0.6) is 5.75 Å². The normalized spacial score (nSPS) is 19.1. The summed E-state index contributed by atoms with van der Waals surface area (Å²) in [5.74, 6) is 1.69. The highest BCUT2D eigenvalue weighted by Crippen LogP contribution is 2.36. The van der Waals surface area contributed by atoms with E-state index in [2.05, 4.69) is 103 Å².